The average molecular weight is 234 g/mol. The Kier molecular flexibility index (Phi) is 4.55. The summed E-state index contributed by atoms with van der Waals surface area (Å²) < 4.78 is 25.7. The lowest BCUT2D eigenvalue weighted by molar-refractivity contribution is 0.509. The lowest BCUT2D eigenvalue weighted by atomic mass is 10.1. The molecular formula is C10H22N2O2S. The van der Waals surface area contributed by atoms with Crippen molar-refractivity contribution in [3.8, 4) is 0 Å². The van der Waals surface area contributed by atoms with E-state index in [4.69, 9.17) is 5.73 Å². The van der Waals surface area contributed by atoms with Gasteiger partial charge in [0.15, 0.2) is 0 Å². The average Bonchev–Trinajstić information content (AvgIpc) is 2.46. The molecule has 0 aromatic carbocycles. The van der Waals surface area contributed by atoms with Gasteiger partial charge >= 0.3 is 0 Å². The van der Waals surface area contributed by atoms with Crippen LogP contribution in [0.3, 0.4) is 0 Å². The van der Waals surface area contributed by atoms with Crippen LogP contribution >= 0.6 is 0 Å². The topological polar surface area (TPSA) is 72.2 Å². The first-order chi connectivity index (χ1) is 6.89. The molecule has 0 heterocycles. The van der Waals surface area contributed by atoms with Crippen LogP contribution in [-0.4, -0.2) is 26.8 Å². The molecule has 4 nitrogen and oxygen atoms in total. The van der Waals surface area contributed by atoms with Crippen LogP contribution in [0.2, 0.25) is 0 Å². The molecule has 1 saturated carbocycles. The second-order valence-corrected chi connectivity index (χ2v) is 6.81. The largest absolute Gasteiger partial charge is 0.328 e. The molecular weight excluding hydrogens is 212 g/mol. The molecule has 0 spiro atoms. The highest BCUT2D eigenvalue weighted by atomic mass is 32.2. The molecule has 2 atom stereocenters. The Morgan fingerprint density at radius 1 is 1.40 bits per heavy atom. The quantitative estimate of drug-likeness (QED) is 0.735. The Hall–Kier alpha value is -0.130. The fourth-order valence-electron chi connectivity index (χ4n) is 2.04. The summed E-state index contributed by atoms with van der Waals surface area (Å²) >= 11 is 0. The maximum atomic E-state index is 11.5. The summed E-state index contributed by atoms with van der Waals surface area (Å²) in [6.45, 7) is 4.37. The molecule has 15 heavy (non-hydrogen) atoms. The van der Waals surface area contributed by atoms with Crippen molar-refractivity contribution in [2.45, 2.75) is 39.2 Å². The van der Waals surface area contributed by atoms with Gasteiger partial charge in [0.2, 0.25) is 10.0 Å². The van der Waals surface area contributed by atoms with Crippen molar-refractivity contribution in [1.82, 2.24) is 4.72 Å². The molecule has 90 valence electrons. The summed E-state index contributed by atoms with van der Waals surface area (Å²) in [5.41, 5.74) is 5.77. The van der Waals surface area contributed by atoms with E-state index >= 15 is 0 Å². The summed E-state index contributed by atoms with van der Waals surface area (Å²) in [5, 5.41) is 0. The van der Waals surface area contributed by atoms with Crippen LogP contribution in [0.25, 0.3) is 0 Å². The van der Waals surface area contributed by atoms with E-state index in [9.17, 15) is 8.42 Å². The van der Waals surface area contributed by atoms with E-state index in [1.165, 1.54) is 0 Å². The predicted octanol–water partition coefficient (Wildman–Crippen LogP) is 0.689. The highest BCUT2D eigenvalue weighted by Crippen LogP contribution is 2.23. The Morgan fingerprint density at radius 3 is 2.53 bits per heavy atom. The molecule has 0 amide bonds. The third-order valence-electron chi connectivity index (χ3n) is 2.73. The van der Waals surface area contributed by atoms with Gasteiger partial charge in [-0.1, -0.05) is 13.8 Å². The first-order valence-electron chi connectivity index (χ1n) is 5.62. The smallest absolute Gasteiger partial charge is 0.211 e. The van der Waals surface area contributed by atoms with E-state index in [1.807, 2.05) is 13.8 Å². The number of nitrogens with one attached hydrogen (secondary N) is 1. The molecule has 0 aliphatic heterocycles. The number of sulfonamides is 1. The van der Waals surface area contributed by atoms with Crippen molar-refractivity contribution >= 4 is 10.0 Å². The standard InChI is InChI=1S/C10H22N2O2S/c1-8(2)7-15(13,14)12-6-9-3-4-10(11)5-9/h8-10,12H,3-7,11H2,1-2H3. The Morgan fingerprint density at radius 2 is 2.07 bits per heavy atom. The van der Waals surface area contributed by atoms with E-state index in [2.05, 4.69) is 4.72 Å². The summed E-state index contributed by atoms with van der Waals surface area (Å²) in [6.07, 6.45) is 3.02. The zero-order valence-electron chi connectivity index (χ0n) is 9.57. The van der Waals surface area contributed by atoms with Crippen LogP contribution in [0.15, 0.2) is 0 Å². The summed E-state index contributed by atoms with van der Waals surface area (Å²) in [5.74, 6) is 0.821. The molecule has 1 fully saturated rings. The van der Waals surface area contributed by atoms with Crippen molar-refractivity contribution in [3.63, 3.8) is 0 Å². The fraction of sp³-hybridized carbons (Fsp3) is 1.00. The summed E-state index contributed by atoms with van der Waals surface area (Å²) in [7, 11) is -3.08. The van der Waals surface area contributed by atoms with Crippen LogP contribution in [0.1, 0.15) is 33.1 Å². The van der Waals surface area contributed by atoms with Gasteiger partial charge in [0.25, 0.3) is 0 Å². The first kappa shape index (κ1) is 12.9. The maximum Gasteiger partial charge on any atom is 0.211 e. The van der Waals surface area contributed by atoms with Gasteiger partial charge in [-0.25, -0.2) is 13.1 Å². The maximum absolute atomic E-state index is 11.5. The van der Waals surface area contributed by atoms with Crippen molar-refractivity contribution < 1.29 is 8.42 Å². The van der Waals surface area contributed by atoms with Gasteiger partial charge in [-0.3, -0.25) is 0 Å². The lowest BCUT2D eigenvalue weighted by Gasteiger charge is -2.12. The minimum absolute atomic E-state index is 0.174. The SMILES string of the molecule is CC(C)CS(=O)(=O)NCC1CCC(N)C1. The minimum Gasteiger partial charge on any atom is -0.328 e. The molecule has 1 aliphatic rings. The van der Waals surface area contributed by atoms with Gasteiger partial charge < -0.3 is 5.73 Å². The third-order valence-corrected chi connectivity index (χ3v) is 4.44. The van der Waals surface area contributed by atoms with Crippen LogP contribution in [-0.2, 0) is 10.0 Å². The van der Waals surface area contributed by atoms with Crippen LogP contribution in [0, 0.1) is 11.8 Å². The molecule has 0 radical (unpaired) electrons. The van der Waals surface area contributed by atoms with Crippen molar-refractivity contribution in [3.05, 3.63) is 0 Å². The van der Waals surface area contributed by atoms with Gasteiger partial charge in [-0.05, 0) is 31.1 Å². The normalized spacial score (nSPS) is 27.5. The van der Waals surface area contributed by atoms with E-state index in [0.717, 1.165) is 19.3 Å². The second-order valence-electron chi connectivity index (χ2n) is 4.96. The molecule has 1 rings (SSSR count). The van der Waals surface area contributed by atoms with Gasteiger partial charge in [-0.2, -0.15) is 0 Å². The van der Waals surface area contributed by atoms with Gasteiger partial charge in [-0.15, -0.1) is 0 Å². The molecule has 0 aromatic heterocycles. The number of nitrogens with two attached hydrogens (primary N) is 1. The third kappa shape index (κ3) is 4.95. The zero-order chi connectivity index (χ0) is 11.5. The molecule has 5 heteroatoms. The van der Waals surface area contributed by atoms with E-state index in [0.29, 0.717) is 12.5 Å². The highest BCUT2D eigenvalue weighted by Gasteiger charge is 2.23. The fourth-order valence-corrected chi connectivity index (χ4v) is 3.53. The number of rotatable bonds is 5. The molecule has 3 N–H and O–H groups in total. The monoisotopic (exact) mass is 234 g/mol. The molecule has 0 aromatic rings. The van der Waals surface area contributed by atoms with Crippen LogP contribution in [0.5, 0.6) is 0 Å². The van der Waals surface area contributed by atoms with Crippen molar-refractivity contribution in [2.75, 3.05) is 12.3 Å². The molecule has 0 saturated heterocycles. The van der Waals surface area contributed by atoms with E-state index < -0.39 is 10.0 Å². The zero-order valence-corrected chi connectivity index (χ0v) is 10.4. The van der Waals surface area contributed by atoms with E-state index in [1.54, 1.807) is 0 Å². The van der Waals surface area contributed by atoms with Crippen LogP contribution in [0.4, 0.5) is 0 Å². The lowest BCUT2D eigenvalue weighted by Crippen LogP contribution is -2.32. The molecule has 0 bridgehead atoms. The highest BCUT2D eigenvalue weighted by molar-refractivity contribution is 7.89. The first-order valence-corrected chi connectivity index (χ1v) is 7.27. The van der Waals surface area contributed by atoms with Gasteiger partial charge in [0.1, 0.15) is 0 Å². The summed E-state index contributed by atoms with van der Waals surface area (Å²) in [6, 6.07) is 0.268. The summed E-state index contributed by atoms with van der Waals surface area (Å²) in [4.78, 5) is 0. The van der Waals surface area contributed by atoms with Crippen LogP contribution < -0.4 is 10.5 Å². The minimum atomic E-state index is -3.08. The molecule has 1 aliphatic carbocycles. The Bertz CT molecular complexity index is 288. The second kappa shape index (κ2) is 5.27. The van der Waals surface area contributed by atoms with E-state index in [-0.39, 0.29) is 17.7 Å². The van der Waals surface area contributed by atoms with Gasteiger partial charge in [0, 0.05) is 12.6 Å². The Balaban J connectivity index is 2.30. The van der Waals surface area contributed by atoms with Crippen molar-refractivity contribution in [1.29, 1.82) is 0 Å². The van der Waals surface area contributed by atoms with Gasteiger partial charge in [0.05, 0.1) is 5.75 Å². The number of hydrogen-bond donors (Lipinski definition) is 2. The Labute approximate surface area is 92.7 Å². The number of hydrogen-bond acceptors (Lipinski definition) is 3. The predicted molar refractivity (Wildman–Crippen MR) is 61.9 cm³/mol. The molecule has 2 unspecified atom stereocenters. The van der Waals surface area contributed by atoms with Crippen molar-refractivity contribution in [2.24, 2.45) is 17.6 Å².